The Balaban J connectivity index is 2.21. The zero-order chi connectivity index (χ0) is 13.1. The van der Waals surface area contributed by atoms with Crippen molar-refractivity contribution in [1.29, 1.82) is 0 Å². The fourth-order valence-electron chi connectivity index (χ4n) is 1.76. The second-order valence-corrected chi connectivity index (χ2v) is 5.08. The maximum Gasteiger partial charge on any atom is 0.126 e. The number of rotatable bonds is 3. The van der Waals surface area contributed by atoms with Crippen molar-refractivity contribution in [2.24, 2.45) is 0 Å². The minimum Gasteiger partial charge on any atom is -0.386 e. The molecule has 0 aliphatic heterocycles. The molecule has 0 bridgehead atoms. The van der Waals surface area contributed by atoms with Crippen molar-refractivity contribution in [3.8, 4) is 0 Å². The molecule has 4 heteroatoms. The molecule has 0 saturated carbocycles. The first kappa shape index (κ1) is 13.2. The van der Waals surface area contributed by atoms with Gasteiger partial charge >= 0.3 is 0 Å². The van der Waals surface area contributed by atoms with Crippen LogP contribution in [0.4, 0.5) is 4.39 Å². The van der Waals surface area contributed by atoms with Crippen LogP contribution in [-0.4, -0.2) is 10.1 Å². The topological polar surface area (TPSA) is 33.1 Å². The van der Waals surface area contributed by atoms with Gasteiger partial charge in [-0.1, -0.05) is 22.0 Å². The lowest BCUT2D eigenvalue weighted by atomic mass is 10.0. The fraction of sp³-hybridized carbons (Fsp3) is 0.214. The van der Waals surface area contributed by atoms with Crippen molar-refractivity contribution < 1.29 is 9.50 Å². The highest BCUT2D eigenvalue weighted by atomic mass is 79.9. The summed E-state index contributed by atoms with van der Waals surface area (Å²) in [7, 11) is 0. The Morgan fingerprint density at radius 3 is 2.83 bits per heavy atom. The summed E-state index contributed by atoms with van der Waals surface area (Å²) in [5, 5.41) is 10.1. The third-order valence-electron chi connectivity index (χ3n) is 2.67. The Morgan fingerprint density at radius 2 is 2.11 bits per heavy atom. The Morgan fingerprint density at radius 1 is 1.33 bits per heavy atom. The molecule has 1 aromatic heterocycles. The van der Waals surface area contributed by atoms with Crippen LogP contribution in [0.3, 0.4) is 0 Å². The van der Waals surface area contributed by atoms with Crippen LogP contribution in [0, 0.1) is 12.7 Å². The third kappa shape index (κ3) is 3.15. The smallest absolute Gasteiger partial charge is 0.126 e. The lowest BCUT2D eigenvalue weighted by Crippen LogP contribution is -2.06. The predicted octanol–water partition coefficient (Wildman–Crippen LogP) is 3.57. The van der Waals surface area contributed by atoms with Gasteiger partial charge in [-0.15, -0.1) is 0 Å². The Kier molecular flexibility index (Phi) is 4.09. The van der Waals surface area contributed by atoms with Gasteiger partial charge in [-0.25, -0.2) is 4.39 Å². The zero-order valence-electron chi connectivity index (χ0n) is 9.90. The summed E-state index contributed by atoms with van der Waals surface area (Å²) in [4.78, 5) is 4.24. The molecule has 1 unspecified atom stereocenters. The molecule has 0 spiro atoms. The van der Waals surface area contributed by atoms with Gasteiger partial charge in [0, 0.05) is 16.6 Å². The van der Waals surface area contributed by atoms with E-state index in [2.05, 4.69) is 20.9 Å². The number of pyridine rings is 1. The number of halogens is 2. The SMILES string of the molecule is Cc1cccc(C(O)Cc2cc(Br)ccc2F)n1. The van der Waals surface area contributed by atoms with E-state index in [1.165, 1.54) is 6.07 Å². The summed E-state index contributed by atoms with van der Waals surface area (Å²) >= 11 is 3.29. The first-order valence-corrected chi connectivity index (χ1v) is 6.41. The van der Waals surface area contributed by atoms with Crippen LogP contribution >= 0.6 is 15.9 Å². The average molecular weight is 310 g/mol. The van der Waals surface area contributed by atoms with Gasteiger partial charge in [-0.2, -0.15) is 0 Å². The van der Waals surface area contributed by atoms with E-state index in [0.717, 1.165) is 10.2 Å². The molecule has 1 N–H and O–H groups in total. The van der Waals surface area contributed by atoms with Crippen LogP contribution in [0.5, 0.6) is 0 Å². The van der Waals surface area contributed by atoms with Crippen molar-refractivity contribution in [2.45, 2.75) is 19.4 Å². The molecule has 94 valence electrons. The molecule has 1 atom stereocenters. The third-order valence-corrected chi connectivity index (χ3v) is 3.17. The zero-order valence-corrected chi connectivity index (χ0v) is 11.5. The van der Waals surface area contributed by atoms with Crippen molar-refractivity contribution in [3.05, 3.63) is 63.6 Å². The van der Waals surface area contributed by atoms with Crippen LogP contribution in [0.2, 0.25) is 0 Å². The number of hydrogen-bond acceptors (Lipinski definition) is 2. The molecule has 0 fully saturated rings. The molecular formula is C14H13BrFNO. The molecule has 2 rings (SSSR count). The van der Waals surface area contributed by atoms with Gasteiger partial charge in [-0.05, 0) is 42.8 Å². The fourth-order valence-corrected chi connectivity index (χ4v) is 2.17. The number of aliphatic hydroxyl groups is 1. The largest absolute Gasteiger partial charge is 0.386 e. The van der Waals surface area contributed by atoms with Gasteiger partial charge in [0.05, 0.1) is 5.69 Å². The van der Waals surface area contributed by atoms with Crippen LogP contribution in [-0.2, 0) is 6.42 Å². The summed E-state index contributed by atoms with van der Waals surface area (Å²) in [6, 6.07) is 10.1. The summed E-state index contributed by atoms with van der Waals surface area (Å²) in [5.41, 5.74) is 1.87. The van der Waals surface area contributed by atoms with Crippen molar-refractivity contribution >= 4 is 15.9 Å². The molecule has 0 amide bonds. The predicted molar refractivity (Wildman–Crippen MR) is 71.7 cm³/mol. The van der Waals surface area contributed by atoms with Gasteiger partial charge in [0.25, 0.3) is 0 Å². The number of nitrogens with zero attached hydrogens (tertiary/aromatic N) is 1. The highest BCUT2D eigenvalue weighted by Crippen LogP contribution is 2.22. The number of hydrogen-bond donors (Lipinski definition) is 1. The number of benzene rings is 1. The highest BCUT2D eigenvalue weighted by Gasteiger charge is 2.13. The molecule has 0 aliphatic rings. The van der Waals surface area contributed by atoms with Crippen LogP contribution < -0.4 is 0 Å². The highest BCUT2D eigenvalue weighted by molar-refractivity contribution is 9.10. The van der Waals surface area contributed by atoms with Crippen LogP contribution in [0.25, 0.3) is 0 Å². The van der Waals surface area contributed by atoms with E-state index in [1.54, 1.807) is 18.2 Å². The van der Waals surface area contributed by atoms with Crippen molar-refractivity contribution in [1.82, 2.24) is 4.98 Å². The maximum absolute atomic E-state index is 13.6. The lowest BCUT2D eigenvalue weighted by Gasteiger charge is -2.11. The molecule has 2 nitrogen and oxygen atoms in total. The van der Waals surface area contributed by atoms with E-state index in [-0.39, 0.29) is 12.2 Å². The van der Waals surface area contributed by atoms with Crippen LogP contribution in [0.15, 0.2) is 40.9 Å². The van der Waals surface area contributed by atoms with Gasteiger partial charge in [-0.3, -0.25) is 4.98 Å². The Hall–Kier alpha value is -1.26. The molecule has 0 aliphatic carbocycles. The molecule has 1 aromatic carbocycles. The van der Waals surface area contributed by atoms with E-state index >= 15 is 0 Å². The summed E-state index contributed by atoms with van der Waals surface area (Å²) in [6.45, 7) is 1.86. The van der Waals surface area contributed by atoms with Crippen molar-refractivity contribution in [3.63, 3.8) is 0 Å². The number of aromatic nitrogens is 1. The van der Waals surface area contributed by atoms with E-state index in [1.807, 2.05) is 19.1 Å². The molecule has 2 aromatic rings. The minimum absolute atomic E-state index is 0.210. The van der Waals surface area contributed by atoms with Crippen molar-refractivity contribution in [2.75, 3.05) is 0 Å². The van der Waals surface area contributed by atoms with E-state index in [9.17, 15) is 9.50 Å². The van der Waals surface area contributed by atoms with E-state index in [0.29, 0.717) is 11.3 Å². The average Bonchev–Trinajstić information content (AvgIpc) is 2.34. The Labute approximate surface area is 114 Å². The molecule has 1 heterocycles. The monoisotopic (exact) mass is 309 g/mol. The molecular weight excluding hydrogens is 297 g/mol. The molecule has 0 radical (unpaired) electrons. The summed E-state index contributed by atoms with van der Waals surface area (Å²) in [6.07, 6.45) is -0.587. The second-order valence-electron chi connectivity index (χ2n) is 4.16. The van der Waals surface area contributed by atoms with Gasteiger partial charge in [0.1, 0.15) is 11.9 Å². The van der Waals surface area contributed by atoms with Gasteiger partial charge in [0.2, 0.25) is 0 Å². The Bertz CT molecular complexity index is 559. The summed E-state index contributed by atoms with van der Waals surface area (Å²) < 4.78 is 14.4. The van der Waals surface area contributed by atoms with Gasteiger partial charge in [0.15, 0.2) is 0 Å². The standard InChI is InChI=1S/C14H13BrFNO/c1-9-3-2-4-13(17-9)14(18)8-10-7-11(15)5-6-12(10)16/h2-7,14,18H,8H2,1H3. The van der Waals surface area contributed by atoms with Crippen LogP contribution in [0.1, 0.15) is 23.1 Å². The molecule has 0 saturated heterocycles. The number of aliphatic hydroxyl groups excluding tert-OH is 1. The normalized spacial score (nSPS) is 12.4. The first-order chi connectivity index (χ1) is 8.56. The lowest BCUT2D eigenvalue weighted by molar-refractivity contribution is 0.172. The van der Waals surface area contributed by atoms with E-state index in [4.69, 9.17) is 0 Å². The van der Waals surface area contributed by atoms with Gasteiger partial charge < -0.3 is 5.11 Å². The summed E-state index contributed by atoms with van der Waals surface area (Å²) in [5.74, 6) is -0.315. The molecule has 18 heavy (non-hydrogen) atoms. The quantitative estimate of drug-likeness (QED) is 0.940. The second kappa shape index (κ2) is 5.59. The first-order valence-electron chi connectivity index (χ1n) is 5.62. The maximum atomic E-state index is 13.6. The number of aryl methyl sites for hydroxylation is 1. The minimum atomic E-state index is -0.798. The van der Waals surface area contributed by atoms with E-state index < -0.39 is 6.10 Å².